The summed E-state index contributed by atoms with van der Waals surface area (Å²) in [7, 11) is -4.53. The average Bonchev–Trinajstić information content (AvgIpc) is 3.93. The van der Waals surface area contributed by atoms with Crippen molar-refractivity contribution in [2.24, 2.45) is 11.3 Å². The Morgan fingerprint density at radius 3 is 2.32 bits per heavy atom. The van der Waals surface area contributed by atoms with Crippen molar-refractivity contribution < 1.29 is 54.4 Å². The van der Waals surface area contributed by atoms with Gasteiger partial charge in [-0.25, -0.2) is 18.7 Å². The zero-order chi connectivity index (χ0) is 42.5. The normalized spacial score (nSPS) is 23.6. The Bertz CT molecular complexity index is 2020. The highest BCUT2D eigenvalue weighted by Crippen LogP contribution is 2.47. The number of rotatable bonds is 13. The van der Waals surface area contributed by atoms with Crippen LogP contribution < -0.4 is 25.4 Å². The number of ether oxygens (including phenoxy) is 2. The number of hydrogen-bond donors (Lipinski definition) is 4. The summed E-state index contributed by atoms with van der Waals surface area (Å²) in [6.45, 7) is 11.8. The van der Waals surface area contributed by atoms with Gasteiger partial charge in [0.15, 0.2) is 0 Å². The van der Waals surface area contributed by atoms with Crippen LogP contribution in [0.5, 0.6) is 5.75 Å². The number of pyridine rings is 1. The molecule has 1 aromatic carbocycles. The zero-order valence-electron chi connectivity index (χ0n) is 33.1. The number of carbonyl (C=O) groups excluding carboxylic acids is 4. The summed E-state index contributed by atoms with van der Waals surface area (Å²) in [6, 6.07) is 3.39. The summed E-state index contributed by atoms with van der Waals surface area (Å²) in [5.41, 5.74) is -4.26. The molecule has 1 saturated heterocycles. The Balaban J connectivity index is 1.48. The maximum Gasteiger partial charge on any atom is 0.408 e. The molecule has 4 N–H and O–H groups in total. The Morgan fingerprint density at radius 2 is 1.75 bits per heavy atom. The molecule has 0 radical (unpaired) electrons. The van der Waals surface area contributed by atoms with Gasteiger partial charge in [-0.3, -0.25) is 14.4 Å². The minimum Gasteiger partial charge on any atom is -0.488 e. The Morgan fingerprint density at radius 1 is 1.09 bits per heavy atom. The largest absolute Gasteiger partial charge is 0.488 e. The summed E-state index contributed by atoms with van der Waals surface area (Å²) in [5.74, 6) is -3.06. The smallest absolute Gasteiger partial charge is 0.408 e. The lowest BCUT2D eigenvalue weighted by molar-refractivity contribution is -0.143. The minimum absolute atomic E-state index is 0.0588. The predicted molar refractivity (Wildman–Crippen MR) is 204 cm³/mol. The Hall–Kier alpha value is -4.10. The van der Waals surface area contributed by atoms with Crippen molar-refractivity contribution in [1.29, 1.82) is 0 Å². The summed E-state index contributed by atoms with van der Waals surface area (Å²) < 4.78 is 83.9. The van der Waals surface area contributed by atoms with Crippen molar-refractivity contribution in [3.63, 3.8) is 0 Å². The highest BCUT2D eigenvalue weighted by atomic mass is 35.5. The van der Waals surface area contributed by atoms with Crippen molar-refractivity contribution in [2.75, 3.05) is 18.4 Å². The molecular formula is C37H50ClF3N6O9S. The Kier molecular flexibility index (Phi) is 12.0. The molecule has 4 amide bonds. The maximum atomic E-state index is 14.6. The van der Waals surface area contributed by atoms with Gasteiger partial charge in [0, 0.05) is 17.9 Å². The van der Waals surface area contributed by atoms with Gasteiger partial charge in [0.1, 0.15) is 47.4 Å². The number of anilines is 1. The third-order valence-corrected chi connectivity index (χ3v) is 11.3. The van der Waals surface area contributed by atoms with Crippen molar-refractivity contribution >= 4 is 62.4 Å². The summed E-state index contributed by atoms with van der Waals surface area (Å²) in [6.07, 6.45) is -5.11. The molecule has 3 aliphatic rings. The summed E-state index contributed by atoms with van der Waals surface area (Å²) in [5, 5.41) is 8.06. The number of nitrogens with one attached hydrogen (secondary N) is 4. The number of fused-ring (bicyclic) bond motifs is 1. The molecule has 2 aromatic rings. The number of aromatic nitrogens is 1. The molecule has 5 rings (SSSR count). The first-order chi connectivity index (χ1) is 26.1. The van der Waals surface area contributed by atoms with Crippen molar-refractivity contribution in [2.45, 2.75) is 129 Å². The second-order valence-electron chi connectivity index (χ2n) is 17.2. The first kappa shape index (κ1) is 44.0. The molecule has 5 atom stereocenters. The van der Waals surface area contributed by atoms with Crippen molar-refractivity contribution in [3.05, 3.63) is 29.3 Å². The van der Waals surface area contributed by atoms with E-state index in [-0.39, 0.29) is 41.5 Å². The number of amides is 4. The van der Waals surface area contributed by atoms with E-state index in [9.17, 15) is 40.8 Å². The van der Waals surface area contributed by atoms with Gasteiger partial charge in [-0.2, -0.15) is 21.6 Å². The lowest BCUT2D eigenvalue weighted by Gasteiger charge is -2.36. The van der Waals surface area contributed by atoms with Crippen LogP contribution >= 0.6 is 11.6 Å². The van der Waals surface area contributed by atoms with Gasteiger partial charge in [0.25, 0.3) is 5.91 Å². The van der Waals surface area contributed by atoms with Crippen LogP contribution in [0.15, 0.2) is 24.3 Å². The van der Waals surface area contributed by atoms with Gasteiger partial charge in [0.05, 0.1) is 22.7 Å². The topological polar surface area (TPSA) is 194 Å². The van der Waals surface area contributed by atoms with E-state index < -0.39 is 93.1 Å². The maximum absolute atomic E-state index is 14.6. The number of benzene rings is 1. The van der Waals surface area contributed by atoms with Crippen LogP contribution in [-0.2, 0) is 33.6 Å². The number of carbonyl (C=O) groups is 4. The van der Waals surface area contributed by atoms with Gasteiger partial charge >= 0.3 is 22.6 Å². The number of likely N-dealkylation sites (tertiary alicyclic amines) is 1. The highest BCUT2D eigenvalue weighted by Gasteiger charge is 2.62. The van der Waals surface area contributed by atoms with Gasteiger partial charge in [0.2, 0.25) is 11.8 Å². The van der Waals surface area contributed by atoms with Crippen LogP contribution in [0.3, 0.4) is 0 Å². The van der Waals surface area contributed by atoms with Gasteiger partial charge in [-0.05, 0) is 70.4 Å². The van der Waals surface area contributed by atoms with Crippen LogP contribution in [0, 0.1) is 11.3 Å². The van der Waals surface area contributed by atoms with Crippen LogP contribution in [0.4, 0.5) is 23.8 Å². The summed E-state index contributed by atoms with van der Waals surface area (Å²) in [4.78, 5) is 61.0. The number of alkyl halides is 3. The monoisotopic (exact) mass is 846 g/mol. The van der Waals surface area contributed by atoms with Crippen LogP contribution in [0.2, 0.25) is 5.02 Å². The molecule has 2 saturated carbocycles. The molecule has 316 valence electrons. The first-order valence-corrected chi connectivity index (χ1v) is 20.4. The Labute approximate surface area is 334 Å². The molecule has 0 bridgehead atoms. The number of hydrogen-bond acceptors (Lipinski definition) is 11. The van der Waals surface area contributed by atoms with E-state index in [1.807, 2.05) is 4.72 Å². The second-order valence-corrected chi connectivity index (χ2v) is 18.9. The molecule has 15 nitrogen and oxygen atoms in total. The van der Waals surface area contributed by atoms with Gasteiger partial charge < -0.3 is 30.3 Å². The van der Waals surface area contributed by atoms with Gasteiger partial charge in [-0.15, -0.1) is 0 Å². The van der Waals surface area contributed by atoms with E-state index >= 15 is 0 Å². The lowest BCUT2D eigenvalue weighted by atomic mass is 9.85. The summed E-state index contributed by atoms with van der Waals surface area (Å²) >= 11 is 6.39. The van der Waals surface area contributed by atoms with Crippen molar-refractivity contribution in [1.82, 2.24) is 25.2 Å². The van der Waals surface area contributed by atoms with E-state index in [2.05, 4.69) is 20.9 Å². The quantitative estimate of drug-likeness (QED) is 0.203. The number of para-hydroxylation sites is 1. The number of alkyl carbamates (subject to hydrolysis) is 1. The molecule has 1 aromatic heterocycles. The van der Waals surface area contributed by atoms with E-state index in [1.165, 1.54) is 17.0 Å². The fraction of sp³-hybridized carbons (Fsp3) is 0.649. The molecule has 57 heavy (non-hydrogen) atoms. The molecule has 2 heterocycles. The number of nitrogens with zero attached hydrogens (tertiary/aromatic N) is 2. The van der Waals surface area contributed by atoms with E-state index in [4.69, 9.17) is 25.3 Å². The molecule has 0 unspecified atom stereocenters. The average molecular weight is 847 g/mol. The highest BCUT2D eigenvalue weighted by molar-refractivity contribution is 7.85. The number of halogens is 4. The third kappa shape index (κ3) is 10.9. The van der Waals surface area contributed by atoms with E-state index in [1.54, 1.807) is 67.5 Å². The lowest BCUT2D eigenvalue weighted by Crippen LogP contribution is -2.60. The molecule has 3 fully saturated rings. The molecule has 20 heteroatoms. The standard InChI is InChI=1S/C37H50ClF3N6O9S/c1-9-20-17-36(20,31(50)46-57(52,53)56-35(8)13-14-35)45-29(48)24-15-21(18-47(24)30(49)28(33(2,3)4)44-32(51)55-34(5,6)7)54-25-16-26(42-19-37(39,40)41)43-27-22(25)11-10-12-23(27)38/h10-12,16,20-21,24,28H,9,13-15,17-19H2,1-8H3,(H,42,43)(H,44,51)(H,45,48)(H,46,50)/t20-,21-,24+,28-,36-/m1/s1. The molecule has 1 aliphatic heterocycles. The predicted octanol–water partition coefficient (Wildman–Crippen LogP) is 5.37. The fourth-order valence-corrected chi connectivity index (χ4v) is 8.08. The fourth-order valence-electron chi connectivity index (χ4n) is 6.72. The molecule has 0 spiro atoms. The third-order valence-electron chi connectivity index (χ3n) is 9.97. The first-order valence-electron chi connectivity index (χ1n) is 18.6. The van der Waals surface area contributed by atoms with Gasteiger partial charge in [-0.1, -0.05) is 51.8 Å². The molecular weight excluding hydrogens is 797 g/mol. The minimum atomic E-state index is -4.57. The van der Waals surface area contributed by atoms with Crippen LogP contribution in [0.25, 0.3) is 10.9 Å². The SMILES string of the molecule is CC[C@@H]1C[C@]1(NC(=O)[C@@H]1C[C@@H](Oc2cc(NCC(F)(F)F)nc3c(Cl)cccc23)CN1C(=O)[C@@H](NC(=O)OC(C)(C)C)C(C)(C)C)C(=O)NS(=O)(=O)OC1(C)CC1. The van der Waals surface area contributed by atoms with E-state index in [0.717, 1.165) is 0 Å². The molecule has 2 aliphatic carbocycles. The van der Waals surface area contributed by atoms with Crippen molar-refractivity contribution in [3.8, 4) is 5.75 Å². The zero-order valence-corrected chi connectivity index (χ0v) is 34.6. The second kappa shape index (κ2) is 15.6. The van der Waals surface area contributed by atoms with Crippen LogP contribution in [0.1, 0.15) is 87.5 Å². The van der Waals surface area contributed by atoms with Crippen LogP contribution in [-0.4, -0.2) is 96.3 Å². The van der Waals surface area contributed by atoms with E-state index in [0.29, 0.717) is 24.6 Å².